The van der Waals surface area contributed by atoms with Crippen LogP contribution in [0.1, 0.15) is 25.8 Å². The molecule has 114 valence electrons. The van der Waals surface area contributed by atoms with Crippen LogP contribution in [0, 0.1) is 6.92 Å². The van der Waals surface area contributed by atoms with Gasteiger partial charge < -0.3 is 11.1 Å². The van der Waals surface area contributed by atoms with E-state index < -0.39 is 0 Å². The Labute approximate surface area is 128 Å². The highest BCUT2D eigenvalue weighted by atomic mass is 15.3. The molecule has 0 fully saturated rings. The number of aromatic nitrogens is 5. The van der Waals surface area contributed by atoms with Crippen molar-refractivity contribution in [2.24, 2.45) is 0 Å². The van der Waals surface area contributed by atoms with Crippen molar-refractivity contribution >= 4 is 17.3 Å². The number of anilines is 2. The van der Waals surface area contributed by atoms with Crippen molar-refractivity contribution in [3.05, 3.63) is 30.4 Å². The van der Waals surface area contributed by atoms with E-state index in [1.165, 1.54) is 6.33 Å². The molecule has 0 aliphatic heterocycles. The van der Waals surface area contributed by atoms with Crippen LogP contribution in [-0.2, 0) is 0 Å². The van der Waals surface area contributed by atoms with E-state index in [9.17, 15) is 0 Å². The number of hydrogen-bond acceptors (Lipinski definition) is 6. The summed E-state index contributed by atoms with van der Waals surface area (Å²) in [5.74, 6) is 1.18. The van der Waals surface area contributed by atoms with Crippen molar-refractivity contribution in [1.82, 2.24) is 24.6 Å². The first-order valence-corrected chi connectivity index (χ1v) is 7.28. The minimum absolute atomic E-state index is 0.338. The standard InChI is InChI=1S/C15H19N7/c1-4-10(3)20-12-5-11(18-8-19-12)13-14(16)21-22-7-9(2)6-17-15(13)22/h5-8,10H,4H2,1-3H3,(H2,16,21)(H,18,19,20). The monoisotopic (exact) mass is 297 g/mol. The third-order valence-corrected chi connectivity index (χ3v) is 3.56. The summed E-state index contributed by atoms with van der Waals surface area (Å²) in [6, 6.07) is 2.21. The predicted octanol–water partition coefficient (Wildman–Crippen LogP) is 2.29. The average Bonchev–Trinajstić information content (AvgIpc) is 2.82. The Bertz CT molecular complexity index is 809. The molecule has 3 heterocycles. The fourth-order valence-electron chi connectivity index (χ4n) is 2.22. The number of aryl methyl sites for hydroxylation is 1. The summed E-state index contributed by atoms with van der Waals surface area (Å²) in [6.07, 6.45) is 6.22. The van der Waals surface area contributed by atoms with Crippen molar-refractivity contribution in [2.45, 2.75) is 33.2 Å². The van der Waals surface area contributed by atoms with Crippen LogP contribution in [0.4, 0.5) is 11.6 Å². The van der Waals surface area contributed by atoms with Gasteiger partial charge in [-0.1, -0.05) is 6.92 Å². The van der Waals surface area contributed by atoms with Crippen molar-refractivity contribution in [1.29, 1.82) is 0 Å². The van der Waals surface area contributed by atoms with E-state index >= 15 is 0 Å². The number of hydrogen-bond donors (Lipinski definition) is 2. The van der Waals surface area contributed by atoms with Gasteiger partial charge in [0.1, 0.15) is 12.1 Å². The van der Waals surface area contributed by atoms with Gasteiger partial charge in [0.15, 0.2) is 11.5 Å². The molecule has 0 aliphatic carbocycles. The molecule has 1 atom stereocenters. The smallest absolute Gasteiger partial charge is 0.166 e. The molecule has 22 heavy (non-hydrogen) atoms. The molecule has 3 aromatic heterocycles. The van der Waals surface area contributed by atoms with E-state index in [0.717, 1.165) is 23.4 Å². The average molecular weight is 297 g/mol. The molecular weight excluding hydrogens is 278 g/mol. The zero-order valence-corrected chi connectivity index (χ0v) is 12.9. The second-order valence-electron chi connectivity index (χ2n) is 5.40. The zero-order valence-electron chi connectivity index (χ0n) is 12.9. The summed E-state index contributed by atoms with van der Waals surface area (Å²) in [7, 11) is 0. The predicted molar refractivity (Wildman–Crippen MR) is 86.5 cm³/mol. The third kappa shape index (κ3) is 2.57. The number of nitrogen functional groups attached to an aromatic ring is 1. The first-order chi connectivity index (χ1) is 10.6. The van der Waals surface area contributed by atoms with Crippen molar-refractivity contribution in [3.8, 4) is 11.3 Å². The number of nitrogens with two attached hydrogens (primary N) is 1. The van der Waals surface area contributed by atoms with Crippen molar-refractivity contribution in [3.63, 3.8) is 0 Å². The molecule has 3 rings (SSSR count). The summed E-state index contributed by atoms with van der Waals surface area (Å²) >= 11 is 0. The SMILES string of the molecule is CCC(C)Nc1cc(-c2c(N)nn3cc(C)cnc23)ncn1. The van der Waals surface area contributed by atoms with E-state index in [2.05, 4.69) is 39.2 Å². The lowest BCUT2D eigenvalue weighted by Gasteiger charge is -2.12. The van der Waals surface area contributed by atoms with Crippen LogP contribution < -0.4 is 11.1 Å². The van der Waals surface area contributed by atoms with E-state index in [4.69, 9.17) is 5.73 Å². The molecule has 0 radical (unpaired) electrons. The highest BCUT2D eigenvalue weighted by Crippen LogP contribution is 2.28. The second kappa shape index (κ2) is 5.59. The number of nitrogens with one attached hydrogen (secondary N) is 1. The topological polar surface area (TPSA) is 94.0 Å². The van der Waals surface area contributed by atoms with E-state index in [1.54, 1.807) is 10.7 Å². The van der Waals surface area contributed by atoms with Crippen LogP contribution in [0.3, 0.4) is 0 Å². The van der Waals surface area contributed by atoms with Gasteiger partial charge in [-0.2, -0.15) is 0 Å². The van der Waals surface area contributed by atoms with Gasteiger partial charge in [0.2, 0.25) is 0 Å². The molecule has 0 aromatic carbocycles. The van der Waals surface area contributed by atoms with Crippen LogP contribution in [0.15, 0.2) is 24.8 Å². The van der Waals surface area contributed by atoms with Crippen LogP contribution in [0.5, 0.6) is 0 Å². The molecule has 7 heteroatoms. The maximum absolute atomic E-state index is 6.06. The van der Waals surface area contributed by atoms with Crippen LogP contribution >= 0.6 is 0 Å². The first-order valence-electron chi connectivity index (χ1n) is 7.28. The summed E-state index contributed by atoms with van der Waals surface area (Å²) in [5, 5.41) is 7.64. The van der Waals surface area contributed by atoms with Crippen LogP contribution in [0.2, 0.25) is 0 Å². The van der Waals surface area contributed by atoms with Crippen LogP contribution in [-0.4, -0.2) is 30.6 Å². The Morgan fingerprint density at radius 1 is 1.32 bits per heavy atom. The number of rotatable bonds is 4. The molecule has 0 saturated carbocycles. The molecule has 3 aromatic rings. The molecule has 0 saturated heterocycles. The molecular formula is C15H19N7. The van der Waals surface area contributed by atoms with Gasteiger partial charge >= 0.3 is 0 Å². The molecule has 7 nitrogen and oxygen atoms in total. The molecule has 1 unspecified atom stereocenters. The fraction of sp³-hybridized carbons (Fsp3) is 0.333. The highest BCUT2D eigenvalue weighted by molar-refractivity contribution is 5.84. The number of fused-ring (bicyclic) bond motifs is 1. The number of nitrogens with zero attached hydrogens (tertiary/aromatic N) is 5. The van der Waals surface area contributed by atoms with E-state index in [1.807, 2.05) is 19.2 Å². The molecule has 0 amide bonds. The zero-order chi connectivity index (χ0) is 15.7. The quantitative estimate of drug-likeness (QED) is 0.767. The molecule has 3 N–H and O–H groups in total. The fourth-order valence-corrected chi connectivity index (χ4v) is 2.22. The Morgan fingerprint density at radius 3 is 2.91 bits per heavy atom. The molecule has 0 aliphatic rings. The minimum atomic E-state index is 0.338. The maximum Gasteiger partial charge on any atom is 0.166 e. The van der Waals surface area contributed by atoms with Crippen LogP contribution in [0.25, 0.3) is 16.9 Å². The van der Waals surface area contributed by atoms with Gasteiger partial charge in [-0.15, -0.1) is 5.10 Å². The summed E-state index contributed by atoms with van der Waals surface area (Å²) < 4.78 is 1.68. The second-order valence-corrected chi connectivity index (χ2v) is 5.40. The lowest BCUT2D eigenvalue weighted by Crippen LogP contribution is -2.14. The Kier molecular flexibility index (Phi) is 3.62. The van der Waals surface area contributed by atoms with Gasteiger partial charge in [-0.3, -0.25) is 0 Å². The van der Waals surface area contributed by atoms with Gasteiger partial charge in [0.05, 0.1) is 11.3 Å². The third-order valence-electron chi connectivity index (χ3n) is 3.56. The summed E-state index contributed by atoms with van der Waals surface area (Å²) in [6.45, 7) is 6.19. The normalized spacial score (nSPS) is 12.5. The summed E-state index contributed by atoms with van der Waals surface area (Å²) in [5.41, 5.74) is 9.21. The van der Waals surface area contributed by atoms with Crippen molar-refractivity contribution in [2.75, 3.05) is 11.1 Å². The lowest BCUT2D eigenvalue weighted by atomic mass is 10.2. The molecule has 0 spiro atoms. The minimum Gasteiger partial charge on any atom is -0.382 e. The Hall–Kier alpha value is -2.70. The van der Waals surface area contributed by atoms with Gasteiger partial charge in [-0.05, 0) is 25.8 Å². The van der Waals surface area contributed by atoms with Gasteiger partial charge in [0, 0.05) is 24.5 Å². The molecule has 0 bridgehead atoms. The van der Waals surface area contributed by atoms with E-state index in [-0.39, 0.29) is 0 Å². The van der Waals surface area contributed by atoms with Crippen molar-refractivity contribution < 1.29 is 0 Å². The van der Waals surface area contributed by atoms with Gasteiger partial charge in [0.25, 0.3) is 0 Å². The maximum atomic E-state index is 6.06. The Balaban J connectivity index is 2.07. The first kappa shape index (κ1) is 14.2. The Morgan fingerprint density at radius 2 is 2.14 bits per heavy atom. The van der Waals surface area contributed by atoms with Gasteiger partial charge in [-0.25, -0.2) is 19.5 Å². The summed E-state index contributed by atoms with van der Waals surface area (Å²) in [4.78, 5) is 13.0. The lowest BCUT2D eigenvalue weighted by molar-refractivity contribution is 0.758. The highest BCUT2D eigenvalue weighted by Gasteiger charge is 2.16. The largest absolute Gasteiger partial charge is 0.382 e. The van der Waals surface area contributed by atoms with E-state index in [0.29, 0.717) is 23.2 Å².